The normalized spacial score (nSPS) is 12.8. The molecule has 0 amide bonds. The van der Waals surface area contributed by atoms with Crippen LogP contribution >= 0.6 is 0 Å². The lowest BCUT2D eigenvalue weighted by molar-refractivity contribution is 0.425. The van der Waals surface area contributed by atoms with Gasteiger partial charge in [-0.15, -0.1) is 0 Å². The predicted molar refractivity (Wildman–Crippen MR) is 66.1 cm³/mol. The van der Waals surface area contributed by atoms with E-state index in [2.05, 4.69) is 0 Å². The second kappa shape index (κ2) is 4.55. The van der Waals surface area contributed by atoms with Crippen molar-refractivity contribution in [1.82, 2.24) is 0 Å². The third-order valence-electron chi connectivity index (χ3n) is 2.51. The maximum Gasteiger partial charge on any atom is 0.178 e. The van der Waals surface area contributed by atoms with Gasteiger partial charge in [0.25, 0.3) is 0 Å². The Bertz CT molecular complexity index is 446. The molecule has 1 aromatic carbocycles. The first-order valence-electron chi connectivity index (χ1n) is 5.26. The Kier molecular flexibility index (Phi) is 3.76. The topological polar surface area (TPSA) is 60.2 Å². The van der Waals surface area contributed by atoms with E-state index >= 15 is 0 Å². The summed E-state index contributed by atoms with van der Waals surface area (Å²) in [6.07, 6.45) is 0. The molecule has 0 aliphatic heterocycles. The summed E-state index contributed by atoms with van der Waals surface area (Å²) in [5.41, 5.74) is 6.22. The van der Waals surface area contributed by atoms with Crippen LogP contribution in [0.4, 0.5) is 0 Å². The van der Waals surface area contributed by atoms with Crippen LogP contribution < -0.4 is 5.73 Å². The van der Waals surface area contributed by atoms with Gasteiger partial charge in [0, 0.05) is 0 Å². The molecular weight excluding hydrogens is 222 g/mol. The minimum absolute atomic E-state index is 0.0829. The van der Waals surface area contributed by atoms with Crippen LogP contribution in [0.3, 0.4) is 0 Å². The number of sulfone groups is 1. The highest BCUT2D eigenvalue weighted by atomic mass is 32.2. The molecular formula is C12H19NO2S. The smallest absolute Gasteiger partial charge is 0.178 e. The zero-order valence-electron chi connectivity index (χ0n) is 10.0. The Morgan fingerprint density at radius 3 is 2.12 bits per heavy atom. The molecule has 1 aromatic rings. The van der Waals surface area contributed by atoms with Crippen molar-refractivity contribution < 1.29 is 8.42 Å². The summed E-state index contributed by atoms with van der Waals surface area (Å²) in [7, 11) is -3.23. The lowest BCUT2D eigenvalue weighted by Crippen LogP contribution is -2.31. The first-order valence-corrected chi connectivity index (χ1v) is 6.92. The predicted octanol–water partition coefficient (Wildman–Crippen LogP) is 1.75. The van der Waals surface area contributed by atoms with E-state index in [1.807, 2.05) is 32.9 Å². The fourth-order valence-electron chi connectivity index (χ4n) is 1.40. The summed E-state index contributed by atoms with van der Waals surface area (Å²) in [5.74, 6) is 0.0829. The molecule has 0 saturated carbocycles. The number of aryl methyl sites for hydroxylation is 1. The second-order valence-corrected chi connectivity index (χ2v) is 6.93. The van der Waals surface area contributed by atoms with Gasteiger partial charge in [0.05, 0.1) is 10.6 Å². The fraction of sp³-hybridized carbons (Fsp3) is 0.500. The molecule has 2 N–H and O–H groups in total. The van der Waals surface area contributed by atoms with Gasteiger partial charge in [0.2, 0.25) is 0 Å². The lowest BCUT2D eigenvalue weighted by Gasteiger charge is -2.21. The number of hydrogen-bond donors (Lipinski definition) is 1. The second-order valence-electron chi connectivity index (χ2n) is 4.94. The molecule has 0 spiro atoms. The van der Waals surface area contributed by atoms with Gasteiger partial charge in [-0.25, -0.2) is 8.42 Å². The molecule has 90 valence electrons. The van der Waals surface area contributed by atoms with Crippen molar-refractivity contribution >= 4 is 9.84 Å². The summed E-state index contributed by atoms with van der Waals surface area (Å²) < 4.78 is 24.1. The van der Waals surface area contributed by atoms with Crippen molar-refractivity contribution in [3.05, 3.63) is 29.8 Å². The lowest BCUT2D eigenvalue weighted by atomic mass is 9.97. The first kappa shape index (κ1) is 13.2. The summed E-state index contributed by atoms with van der Waals surface area (Å²) in [5, 5.41) is 0. The first-order chi connectivity index (χ1) is 7.27. The minimum Gasteiger partial charge on any atom is -0.330 e. The van der Waals surface area contributed by atoms with Crippen molar-refractivity contribution in [3.8, 4) is 0 Å². The van der Waals surface area contributed by atoms with Crippen LogP contribution in [0.1, 0.15) is 19.4 Å². The summed E-state index contributed by atoms with van der Waals surface area (Å²) in [4.78, 5) is 0.375. The molecule has 0 heterocycles. The highest BCUT2D eigenvalue weighted by Gasteiger charge is 2.26. The molecule has 0 saturated heterocycles. The van der Waals surface area contributed by atoms with E-state index in [9.17, 15) is 8.42 Å². The summed E-state index contributed by atoms with van der Waals surface area (Å²) in [6.45, 7) is 6.01. The molecule has 0 aliphatic rings. The van der Waals surface area contributed by atoms with Crippen LogP contribution in [0.2, 0.25) is 0 Å². The van der Waals surface area contributed by atoms with E-state index in [1.165, 1.54) is 0 Å². The molecule has 16 heavy (non-hydrogen) atoms. The number of benzene rings is 1. The molecule has 0 atom stereocenters. The van der Waals surface area contributed by atoms with E-state index < -0.39 is 9.84 Å². The molecule has 0 aliphatic carbocycles. The largest absolute Gasteiger partial charge is 0.330 e. The van der Waals surface area contributed by atoms with Crippen molar-refractivity contribution in [2.24, 2.45) is 11.1 Å². The number of rotatable bonds is 4. The van der Waals surface area contributed by atoms with E-state index in [4.69, 9.17) is 5.73 Å². The van der Waals surface area contributed by atoms with Crippen LogP contribution in [0.5, 0.6) is 0 Å². The van der Waals surface area contributed by atoms with Gasteiger partial charge in [-0.2, -0.15) is 0 Å². The highest BCUT2D eigenvalue weighted by Crippen LogP contribution is 2.21. The maximum absolute atomic E-state index is 12.1. The van der Waals surface area contributed by atoms with Crippen molar-refractivity contribution in [2.75, 3.05) is 12.3 Å². The van der Waals surface area contributed by atoms with E-state index in [1.54, 1.807) is 12.1 Å². The van der Waals surface area contributed by atoms with Crippen LogP contribution in [-0.2, 0) is 9.84 Å². The zero-order valence-corrected chi connectivity index (χ0v) is 10.8. The summed E-state index contributed by atoms with van der Waals surface area (Å²) >= 11 is 0. The molecule has 0 bridgehead atoms. The molecule has 0 unspecified atom stereocenters. The van der Waals surface area contributed by atoms with Crippen LogP contribution in [-0.4, -0.2) is 20.7 Å². The van der Waals surface area contributed by atoms with Crippen molar-refractivity contribution in [3.63, 3.8) is 0 Å². The fourth-order valence-corrected chi connectivity index (χ4v) is 3.27. The molecule has 1 rings (SSSR count). The van der Waals surface area contributed by atoms with Gasteiger partial charge in [-0.05, 0) is 31.0 Å². The number of hydrogen-bond acceptors (Lipinski definition) is 3. The molecule has 0 radical (unpaired) electrons. The third kappa shape index (κ3) is 3.32. The van der Waals surface area contributed by atoms with Crippen LogP contribution in [0.25, 0.3) is 0 Å². The van der Waals surface area contributed by atoms with Crippen LogP contribution in [0, 0.1) is 12.3 Å². The standard InChI is InChI=1S/C12H19NO2S/c1-10-4-6-11(7-5-10)16(14,15)9-12(2,3)8-13/h4-7H,8-9,13H2,1-3H3. The molecule has 0 fully saturated rings. The SMILES string of the molecule is Cc1ccc(S(=O)(=O)CC(C)(C)CN)cc1. The van der Waals surface area contributed by atoms with Gasteiger partial charge < -0.3 is 5.73 Å². The average molecular weight is 241 g/mol. The van der Waals surface area contributed by atoms with Crippen LogP contribution in [0.15, 0.2) is 29.2 Å². The van der Waals surface area contributed by atoms with Gasteiger partial charge in [0.15, 0.2) is 9.84 Å². The quantitative estimate of drug-likeness (QED) is 0.873. The van der Waals surface area contributed by atoms with E-state index in [0.29, 0.717) is 11.4 Å². The minimum atomic E-state index is -3.23. The van der Waals surface area contributed by atoms with Gasteiger partial charge in [-0.3, -0.25) is 0 Å². The Morgan fingerprint density at radius 1 is 1.19 bits per heavy atom. The Hall–Kier alpha value is -0.870. The van der Waals surface area contributed by atoms with E-state index in [-0.39, 0.29) is 11.2 Å². The van der Waals surface area contributed by atoms with E-state index in [0.717, 1.165) is 5.56 Å². The van der Waals surface area contributed by atoms with Gasteiger partial charge in [-0.1, -0.05) is 31.5 Å². The highest BCUT2D eigenvalue weighted by molar-refractivity contribution is 7.91. The van der Waals surface area contributed by atoms with Gasteiger partial charge in [0.1, 0.15) is 0 Å². The maximum atomic E-state index is 12.1. The monoisotopic (exact) mass is 241 g/mol. The molecule has 4 heteroatoms. The molecule has 3 nitrogen and oxygen atoms in total. The third-order valence-corrected chi connectivity index (χ3v) is 4.67. The Balaban J connectivity index is 2.99. The molecule has 0 aromatic heterocycles. The Labute approximate surface area is 97.6 Å². The number of nitrogens with two attached hydrogens (primary N) is 1. The zero-order chi connectivity index (χ0) is 12.4. The van der Waals surface area contributed by atoms with Crippen molar-refractivity contribution in [2.45, 2.75) is 25.7 Å². The van der Waals surface area contributed by atoms with Gasteiger partial charge >= 0.3 is 0 Å². The van der Waals surface area contributed by atoms with Crippen molar-refractivity contribution in [1.29, 1.82) is 0 Å². The summed E-state index contributed by atoms with van der Waals surface area (Å²) in [6, 6.07) is 6.92. The average Bonchev–Trinajstić information content (AvgIpc) is 2.17. The Morgan fingerprint density at radius 2 is 1.69 bits per heavy atom.